The van der Waals surface area contributed by atoms with Gasteiger partial charge in [-0.1, -0.05) is 29.3 Å². The first-order chi connectivity index (χ1) is 19.8. The highest BCUT2D eigenvalue weighted by Crippen LogP contribution is 2.23. The number of ether oxygens (including phenoxy) is 1. The van der Waals surface area contributed by atoms with E-state index >= 15 is 0 Å². The van der Waals surface area contributed by atoms with E-state index in [0.29, 0.717) is 52.6 Å². The van der Waals surface area contributed by atoms with Crippen LogP contribution in [-0.2, 0) is 16.0 Å². The van der Waals surface area contributed by atoms with Crippen molar-refractivity contribution in [3.63, 3.8) is 0 Å². The Labute approximate surface area is 246 Å². The highest BCUT2D eigenvalue weighted by atomic mass is 35.5. The Morgan fingerprint density at radius 1 is 1.00 bits per heavy atom. The topological polar surface area (TPSA) is 114 Å². The molecule has 11 heteroatoms. The minimum Gasteiger partial charge on any atom is -0.490 e. The minimum atomic E-state index is -0.986. The summed E-state index contributed by atoms with van der Waals surface area (Å²) in [5, 5.41) is 7.23. The van der Waals surface area contributed by atoms with Crippen molar-refractivity contribution >= 4 is 51.9 Å². The third-order valence-corrected chi connectivity index (χ3v) is 7.28. The first kappa shape index (κ1) is 28.4. The van der Waals surface area contributed by atoms with Crippen LogP contribution < -0.4 is 15.4 Å². The molecule has 0 bridgehead atoms. The first-order valence-electron chi connectivity index (χ1n) is 13.2. The number of carbonyl (C=O) groups excluding carboxylic acids is 3. The van der Waals surface area contributed by atoms with Crippen molar-refractivity contribution in [1.29, 1.82) is 0 Å². The SMILES string of the molecule is O=C(N[C@@H](Cc1ccccn1)C(=O)NCC(=O)N1CCC(Oc2ccc(Cl)cc2)CC1)c1cc2cc(Cl)ccc2o1. The normalized spacial score (nSPS) is 14.4. The summed E-state index contributed by atoms with van der Waals surface area (Å²) in [5.41, 5.74) is 1.11. The van der Waals surface area contributed by atoms with E-state index in [2.05, 4.69) is 15.6 Å². The average molecular weight is 595 g/mol. The molecule has 2 aromatic carbocycles. The zero-order valence-corrected chi connectivity index (χ0v) is 23.5. The number of hydrogen-bond donors (Lipinski definition) is 2. The number of fused-ring (bicyclic) bond motifs is 1. The van der Waals surface area contributed by atoms with Crippen LogP contribution in [0.25, 0.3) is 11.0 Å². The summed E-state index contributed by atoms with van der Waals surface area (Å²) in [6, 6.07) is 18.1. The molecular weight excluding hydrogens is 567 g/mol. The molecule has 41 heavy (non-hydrogen) atoms. The Hall–Kier alpha value is -4.08. The van der Waals surface area contributed by atoms with Gasteiger partial charge in [0.1, 0.15) is 23.5 Å². The zero-order chi connectivity index (χ0) is 28.8. The lowest BCUT2D eigenvalue weighted by atomic mass is 10.1. The predicted molar refractivity (Wildman–Crippen MR) is 155 cm³/mol. The van der Waals surface area contributed by atoms with Crippen LogP contribution >= 0.6 is 23.2 Å². The number of carbonyl (C=O) groups is 3. The van der Waals surface area contributed by atoms with Crippen molar-refractivity contribution in [2.24, 2.45) is 0 Å². The molecule has 2 aromatic heterocycles. The van der Waals surface area contributed by atoms with E-state index in [9.17, 15) is 14.4 Å². The van der Waals surface area contributed by atoms with Crippen LogP contribution in [0.2, 0.25) is 10.0 Å². The maximum Gasteiger partial charge on any atom is 0.287 e. The van der Waals surface area contributed by atoms with Crippen LogP contribution in [-0.4, -0.2) is 59.4 Å². The molecule has 3 heterocycles. The quantitative estimate of drug-likeness (QED) is 0.291. The van der Waals surface area contributed by atoms with E-state index < -0.39 is 17.9 Å². The number of rotatable bonds is 9. The summed E-state index contributed by atoms with van der Waals surface area (Å²) >= 11 is 12.0. The Bertz CT molecular complexity index is 1520. The van der Waals surface area contributed by atoms with Crippen molar-refractivity contribution < 1.29 is 23.5 Å². The summed E-state index contributed by atoms with van der Waals surface area (Å²) in [4.78, 5) is 45.1. The number of aromatic nitrogens is 1. The van der Waals surface area contributed by atoms with Gasteiger partial charge in [-0.05, 0) is 60.7 Å². The fourth-order valence-electron chi connectivity index (χ4n) is 4.62. The summed E-state index contributed by atoms with van der Waals surface area (Å²) in [6.07, 6.45) is 3.07. The molecule has 1 atom stereocenters. The van der Waals surface area contributed by atoms with E-state index in [4.69, 9.17) is 32.4 Å². The fraction of sp³-hybridized carbons (Fsp3) is 0.267. The summed E-state index contributed by atoms with van der Waals surface area (Å²) < 4.78 is 11.6. The highest BCUT2D eigenvalue weighted by molar-refractivity contribution is 6.31. The maximum atomic E-state index is 13.2. The maximum absolute atomic E-state index is 13.2. The second kappa shape index (κ2) is 13.1. The minimum absolute atomic E-state index is 0.0120. The van der Waals surface area contributed by atoms with Gasteiger partial charge in [0.15, 0.2) is 5.76 Å². The molecule has 2 N–H and O–H groups in total. The van der Waals surface area contributed by atoms with Crippen molar-refractivity contribution in [2.45, 2.75) is 31.4 Å². The van der Waals surface area contributed by atoms with Crippen LogP contribution in [0.15, 0.2) is 77.3 Å². The monoisotopic (exact) mass is 594 g/mol. The molecule has 0 aliphatic carbocycles. The van der Waals surface area contributed by atoms with Crippen LogP contribution in [0.4, 0.5) is 0 Å². The van der Waals surface area contributed by atoms with Gasteiger partial charge >= 0.3 is 0 Å². The van der Waals surface area contributed by atoms with Crippen LogP contribution in [0.3, 0.4) is 0 Å². The van der Waals surface area contributed by atoms with Crippen LogP contribution in [0.1, 0.15) is 29.1 Å². The second-order valence-electron chi connectivity index (χ2n) is 9.71. The highest BCUT2D eigenvalue weighted by Gasteiger charge is 2.27. The predicted octanol–water partition coefficient (Wildman–Crippen LogP) is 4.66. The Kier molecular flexibility index (Phi) is 9.06. The molecule has 3 amide bonds. The Balaban J connectivity index is 1.17. The van der Waals surface area contributed by atoms with Gasteiger partial charge < -0.3 is 24.7 Å². The van der Waals surface area contributed by atoms with Gasteiger partial charge in [-0.15, -0.1) is 0 Å². The lowest BCUT2D eigenvalue weighted by Gasteiger charge is -2.32. The van der Waals surface area contributed by atoms with Gasteiger partial charge in [-0.3, -0.25) is 19.4 Å². The van der Waals surface area contributed by atoms with Crippen LogP contribution in [0, 0.1) is 0 Å². The number of pyridine rings is 1. The van der Waals surface area contributed by atoms with E-state index in [-0.39, 0.29) is 30.7 Å². The third kappa shape index (κ3) is 7.56. The molecule has 0 spiro atoms. The van der Waals surface area contributed by atoms with E-state index in [1.54, 1.807) is 65.7 Å². The Morgan fingerprint density at radius 2 is 1.76 bits per heavy atom. The van der Waals surface area contributed by atoms with Crippen molar-refractivity contribution in [2.75, 3.05) is 19.6 Å². The third-order valence-electron chi connectivity index (χ3n) is 6.79. The number of benzene rings is 2. The molecule has 212 valence electrons. The molecule has 1 fully saturated rings. The molecule has 1 saturated heterocycles. The van der Waals surface area contributed by atoms with Gasteiger partial charge in [0.2, 0.25) is 11.8 Å². The first-order valence-corrected chi connectivity index (χ1v) is 14.0. The van der Waals surface area contributed by atoms with Gasteiger partial charge in [-0.25, -0.2) is 0 Å². The fourth-order valence-corrected chi connectivity index (χ4v) is 4.93. The van der Waals surface area contributed by atoms with E-state index in [1.807, 2.05) is 12.1 Å². The molecule has 0 saturated carbocycles. The molecule has 1 aliphatic heterocycles. The summed E-state index contributed by atoms with van der Waals surface area (Å²) in [5.74, 6) is -0.500. The lowest BCUT2D eigenvalue weighted by molar-refractivity contribution is -0.134. The molecule has 5 rings (SSSR count). The van der Waals surface area contributed by atoms with E-state index in [1.165, 1.54) is 0 Å². The average Bonchev–Trinajstić information content (AvgIpc) is 3.41. The van der Waals surface area contributed by atoms with Crippen molar-refractivity contribution in [1.82, 2.24) is 20.5 Å². The van der Waals surface area contributed by atoms with Gasteiger partial charge in [0.25, 0.3) is 5.91 Å². The molecule has 0 radical (unpaired) electrons. The zero-order valence-electron chi connectivity index (χ0n) is 22.0. The molecule has 9 nitrogen and oxygen atoms in total. The second-order valence-corrected chi connectivity index (χ2v) is 10.6. The number of nitrogens with zero attached hydrogens (tertiary/aromatic N) is 2. The van der Waals surface area contributed by atoms with Crippen molar-refractivity contribution in [3.05, 3.63) is 94.4 Å². The van der Waals surface area contributed by atoms with Gasteiger partial charge in [0.05, 0.1) is 6.54 Å². The number of hydrogen-bond acceptors (Lipinski definition) is 6. The number of halogens is 2. The van der Waals surface area contributed by atoms with E-state index in [0.717, 1.165) is 5.75 Å². The molecule has 1 aliphatic rings. The summed E-state index contributed by atoms with van der Waals surface area (Å²) in [7, 11) is 0. The Morgan fingerprint density at radius 3 is 2.49 bits per heavy atom. The van der Waals surface area contributed by atoms with Gasteiger partial charge in [-0.2, -0.15) is 0 Å². The molecule has 0 unspecified atom stereocenters. The number of amides is 3. The number of furan rings is 1. The number of piperidine rings is 1. The van der Waals surface area contributed by atoms with Gasteiger partial charge in [0, 0.05) is 59.7 Å². The number of nitrogens with one attached hydrogen (secondary N) is 2. The largest absolute Gasteiger partial charge is 0.490 e. The summed E-state index contributed by atoms with van der Waals surface area (Å²) in [6.45, 7) is 0.827. The molecular formula is C30H28Cl2N4O5. The molecule has 4 aromatic rings. The van der Waals surface area contributed by atoms with Crippen LogP contribution in [0.5, 0.6) is 5.75 Å². The smallest absolute Gasteiger partial charge is 0.287 e. The number of likely N-dealkylation sites (tertiary alicyclic amines) is 1. The standard InChI is InChI=1S/C30H28Cl2N4O5/c31-20-4-7-23(8-5-20)40-24-10-13-36(14-11-24)28(37)18-34-29(38)25(17-22-3-1-2-12-33-22)35-30(39)27-16-19-15-21(32)6-9-26(19)41-27/h1-9,12,15-16,24-25H,10-11,13-14,17-18H2,(H,34,38)(H,35,39)/t25-/m0/s1. The lowest BCUT2D eigenvalue weighted by Crippen LogP contribution is -2.51. The van der Waals surface area contributed by atoms with Crippen molar-refractivity contribution in [3.8, 4) is 5.75 Å².